The number of rotatable bonds is 6. The van der Waals surface area contributed by atoms with Gasteiger partial charge in [0.15, 0.2) is 0 Å². The zero-order valence-corrected chi connectivity index (χ0v) is 38.3. The summed E-state index contributed by atoms with van der Waals surface area (Å²) in [5.41, 5.74) is 11.5. The second kappa shape index (κ2) is 16.7. The minimum atomic E-state index is -4.51. The second-order valence-electron chi connectivity index (χ2n) is 18.1. The number of halogens is 6. The molecular formula is C61H38F6N4. The fourth-order valence-corrected chi connectivity index (χ4v) is 10.3. The summed E-state index contributed by atoms with van der Waals surface area (Å²) < 4.78 is 88.4. The average molecular weight is 941 g/mol. The molecule has 11 rings (SSSR count). The quantitative estimate of drug-likeness (QED) is 0.156. The maximum absolute atomic E-state index is 14.0. The maximum Gasteiger partial charge on any atom is 0.416 e. The molecule has 2 aromatic heterocycles. The van der Waals surface area contributed by atoms with Gasteiger partial charge in [-0.1, -0.05) is 72.8 Å². The van der Waals surface area contributed by atoms with Crippen molar-refractivity contribution in [3.63, 3.8) is 0 Å². The molecule has 2 heterocycles. The van der Waals surface area contributed by atoms with Gasteiger partial charge < -0.3 is 9.13 Å². The summed E-state index contributed by atoms with van der Waals surface area (Å²) in [6.07, 6.45) is -9.02. The van der Waals surface area contributed by atoms with Gasteiger partial charge in [-0.3, -0.25) is 0 Å². The highest BCUT2D eigenvalue weighted by Gasteiger charge is 2.32. The second-order valence-corrected chi connectivity index (χ2v) is 18.1. The normalized spacial score (nSPS) is 12.0. The van der Waals surface area contributed by atoms with E-state index in [0.717, 1.165) is 89.4 Å². The number of aromatic nitrogens is 2. The van der Waals surface area contributed by atoms with E-state index in [1.807, 2.05) is 128 Å². The Bertz CT molecular complexity index is 4100. The molecule has 0 aliphatic carbocycles. The number of benzene rings is 9. The van der Waals surface area contributed by atoms with Crippen LogP contribution in [0.2, 0.25) is 0 Å². The standard InChI is InChI=1S/C61H38F6N4/c1-35-22-42(28-44(24-35)60(62,63)64)40-14-20-57-53(30-40)49-8-4-6-10-55(49)70(57)46-16-18-48(47-17-12-38(33-68)26-37(47)3)51(32-46)52-27-39(34-69)13-19-58(52)71-56-11-7-5-9-50(56)54-31-41(15-21-59(54)71)43-23-36(2)25-45(29-43)61(65,66)67/h4-32H,1-3H3. The van der Waals surface area contributed by atoms with E-state index >= 15 is 0 Å². The molecule has 0 aliphatic rings. The highest BCUT2D eigenvalue weighted by Crippen LogP contribution is 2.45. The van der Waals surface area contributed by atoms with Crippen LogP contribution in [0.5, 0.6) is 0 Å². The molecule has 344 valence electrons. The lowest BCUT2D eigenvalue weighted by atomic mass is 9.89. The van der Waals surface area contributed by atoms with Crippen LogP contribution >= 0.6 is 0 Å². The highest BCUT2D eigenvalue weighted by atomic mass is 19.4. The maximum atomic E-state index is 14.0. The summed E-state index contributed by atoms with van der Waals surface area (Å²) in [7, 11) is 0. The largest absolute Gasteiger partial charge is 0.416 e. The molecule has 0 unspecified atom stereocenters. The topological polar surface area (TPSA) is 57.4 Å². The smallest absolute Gasteiger partial charge is 0.309 e. The Morgan fingerprint density at radius 1 is 0.380 bits per heavy atom. The molecule has 0 saturated heterocycles. The molecule has 0 aliphatic heterocycles. The summed E-state index contributed by atoms with van der Waals surface area (Å²) in [5, 5.41) is 23.8. The summed E-state index contributed by atoms with van der Waals surface area (Å²) in [6, 6.07) is 57.2. The van der Waals surface area contributed by atoms with Gasteiger partial charge >= 0.3 is 12.4 Å². The molecule has 4 nitrogen and oxygen atoms in total. The van der Waals surface area contributed by atoms with Gasteiger partial charge in [0.1, 0.15) is 0 Å². The molecule has 0 N–H and O–H groups in total. The van der Waals surface area contributed by atoms with Crippen LogP contribution in [0, 0.1) is 43.4 Å². The molecule has 0 spiro atoms. The first kappa shape index (κ1) is 44.6. The van der Waals surface area contributed by atoms with E-state index in [-0.39, 0.29) is 0 Å². The van der Waals surface area contributed by atoms with Crippen molar-refractivity contribution in [2.24, 2.45) is 0 Å². The monoisotopic (exact) mass is 940 g/mol. The number of nitrogens with zero attached hydrogens (tertiary/aromatic N) is 4. The van der Waals surface area contributed by atoms with E-state index < -0.39 is 23.5 Å². The van der Waals surface area contributed by atoms with E-state index in [9.17, 15) is 36.9 Å². The Hall–Kier alpha value is -8.86. The van der Waals surface area contributed by atoms with Crippen LogP contribution in [-0.2, 0) is 12.4 Å². The van der Waals surface area contributed by atoms with Gasteiger partial charge in [-0.25, -0.2) is 0 Å². The lowest BCUT2D eigenvalue weighted by Crippen LogP contribution is -2.05. The number of aryl methyl sites for hydroxylation is 3. The van der Waals surface area contributed by atoms with Crippen molar-refractivity contribution in [3.8, 4) is 68.0 Å². The first-order chi connectivity index (χ1) is 34.1. The predicted molar refractivity (Wildman–Crippen MR) is 271 cm³/mol. The van der Waals surface area contributed by atoms with Crippen molar-refractivity contribution in [3.05, 3.63) is 215 Å². The predicted octanol–water partition coefficient (Wildman–Crippen LogP) is 17.3. The molecule has 9 aromatic carbocycles. The molecular weight excluding hydrogens is 903 g/mol. The average Bonchev–Trinajstić information content (AvgIpc) is 3.87. The van der Waals surface area contributed by atoms with Gasteiger partial charge in [0.25, 0.3) is 0 Å². The Morgan fingerprint density at radius 2 is 0.873 bits per heavy atom. The van der Waals surface area contributed by atoms with Crippen LogP contribution in [0.25, 0.3) is 99.5 Å². The van der Waals surface area contributed by atoms with E-state index in [2.05, 4.69) is 27.3 Å². The number of fused-ring (bicyclic) bond motifs is 6. The molecule has 0 fully saturated rings. The highest BCUT2D eigenvalue weighted by molar-refractivity contribution is 6.12. The van der Waals surface area contributed by atoms with Gasteiger partial charge in [-0.15, -0.1) is 0 Å². The Labute approximate surface area is 404 Å². The van der Waals surface area contributed by atoms with Crippen LogP contribution in [0.15, 0.2) is 176 Å². The van der Waals surface area contributed by atoms with Gasteiger partial charge in [-0.05, 0) is 180 Å². The van der Waals surface area contributed by atoms with Crippen molar-refractivity contribution in [1.82, 2.24) is 9.13 Å². The number of hydrogen-bond donors (Lipinski definition) is 0. The van der Waals surface area contributed by atoms with Crippen LogP contribution in [0.3, 0.4) is 0 Å². The van der Waals surface area contributed by atoms with E-state index in [1.54, 1.807) is 38.1 Å². The van der Waals surface area contributed by atoms with Crippen molar-refractivity contribution in [2.75, 3.05) is 0 Å². The minimum absolute atomic E-state index is 0.411. The number of hydrogen-bond acceptors (Lipinski definition) is 2. The van der Waals surface area contributed by atoms with Gasteiger partial charge in [-0.2, -0.15) is 36.9 Å². The molecule has 0 atom stereocenters. The summed E-state index contributed by atoms with van der Waals surface area (Å²) >= 11 is 0. The van der Waals surface area contributed by atoms with Crippen LogP contribution in [-0.4, -0.2) is 9.13 Å². The fraction of sp³-hybridized carbons (Fsp3) is 0.0820. The van der Waals surface area contributed by atoms with Crippen molar-refractivity contribution in [2.45, 2.75) is 33.1 Å². The lowest BCUT2D eigenvalue weighted by Gasteiger charge is -2.20. The van der Waals surface area contributed by atoms with Crippen molar-refractivity contribution in [1.29, 1.82) is 10.5 Å². The molecule has 0 amide bonds. The van der Waals surface area contributed by atoms with E-state index in [1.165, 1.54) is 12.1 Å². The van der Waals surface area contributed by atoms with Crippen LogP contribution in [0.1, 0.15) is 38.9 Å². The van der Waals surface area contributed by atoms with Crippen LogP contribution in [0.4, 0.5) is 26.3 Å². The van der Waals surface area contributed by atoms with Gasteiger partial charge in [0.2, 0.25) is 0 Å². The van der Waals surface area contributed by atoms with E-state index in [4.69, 9.17) is 0 Å². The lowest BCUT2D eigenvalue weighted by molar-refractivity contribution is -0.138. The molecule has 11 aromatic rings. The van der Waals surface area contributed by atoms with E-state index in [0.29, 0.717) is 50.1 Å². The summed E-state index contributed by atoms with van der Waals surface area (Å²) in [5.74, 6) is 0. The molecule has 71 heavy (non-hydrogen) atoms. The SMILES string of the molecule is Cc1cc(-c2ccc3c(c2)c2ccccc2n3-c2ccc(-c3ccc(C#N)cc3C)c(-c3cc(C#N)ccc3-n3c4ccccc4c4cc(-c5cc(C)cc(C(F)(F)F)c5)ccc43)c2)cc(C(F)(F)F)c1. The number of para-hydroxylation sites is 2. The molecule has 0 saturated carbocycles. The zero-order chi connectivity index (χ0) is 49.5. The molecule has 0 radical (unpaired) electrons. The molecule has 0 bridgehead atoms. The summed E-state index contributed by atoms with van der Waals surface area (Å²) in [6.45, 7) is 5.26. The number of alkyl halides is 6. The first-order valence-corrected chi connectivity index (χ1v) is 22.7. The Balaban J connectivity index is 1.16. The van der Waals surface area contributed by atoms with Gasteiger partial charge in [0.05, 0.1) is 62.1 Å². The fourth-order valence-electron chi connectivity index (χ4n) is 10.3. The Morgan fingerprint density at radius 3 is 1.42 bits per heavy atom. The third-order valence-electron chi connectivity index (χ3n) is 13.4. The number of nitriles is 2. The third-order valence-corrected chi connectivity index (χ3v) is 13.4. The van der Waals surface area contributed by atoms with Crippen LogP contribution < -0.4 is 0 Å². The third kappa shape index (κ3) is 7.75. The zero-order valence-electron chi connectivity index (χ0n) is 38.3. The summed E-state index contributed by atoms with van der Waals surface area (Å²) in [4.78, 5) is 0. The molecule has 10 heteroatoms. The Kier molecular flexibility index (Phi) is 10.5. The van der Waals surface area contributed by atoms with Crippen molar-refractivity contribution >= 4 is 43.6 Å². The first-order valence-electron chi connectivity index (χ1n) is 22.7. The minimum Gasteiger partial charge on any atom is -0.309 e. The van der Waals surface area contributed by atoms with Crippen molar-refractivity contribution < 1.29 is 26.3 Å². The van der Waals surface area contributed by atoms with Gasteiger partial charge in [0, 0.05) is 32.8 Å².